The van der Waals surface area contributed by atoms with Crippen molar-refractivity contribution in [2.75, 3.05) is 0 Å². The van der Waals surface area contributed by atoms with Crippen LogP contribution in [0, 0.1) is 15.9 Å². The molecule has 3 aromatic carbocycles. The molecule has 3 aromatic rings. The van der Waals surface area contributed by atoms with Gasteiger partial charge < -0.3 is 9.47 Å². The van der Waals surface area contributed by atoms with Crippen LogP contribution in [0.3, 0.4) is 0 Å². The van der Waals surface area contributed by atoms with Gasteiger partial charge in [0.05, 0.1) is 21.1 Å². The summed E-state index contributed by atoms with van der Waals surface area (Å²) in [7, 11) is 0. The predicted octanol–water partition coefficient (Wildman–Crippen LogP) is 5.22. The standard InChI is InChI=1S/C22H11ClFNO6/c23-17-5-2-6-18(24)16(17)11-20-21(26)15-8-7-14(10-19(15)31-20)30-22(27)12-3-1-4-13(9-12)25(28)29/h1-11H. The number of halogens is 2. The highest BCUT2D eigenvalue weighted by molar-refractivity contribution is 6.32. The number of hydrogen-bond acceptors (Lipinski definition) is 6. The van der Waals surface area contributed by atoms with Gasteiger partial charge in [0.1, 0.15) is 17.3 Å². The van der Waals surface area contributed by atoms with Crippen molar-refractivity contribution in [1.29, 1.82) is 0 Å². The number of Topliss-reactive ketones (excluding diaryl/α,β-unsaturated/α-hetero) is 1. The zero-order chi connectivity index (χ0) is 22.1. The molecule has 0 saturated heterocycles. The lowest BCUT2D eigenvalue weighted by atomic mass is 10.1. The number of hydrogen-bond donors (Lipinski definition) is 0. The molecule has 0 unspecified atom stereocenters. The lowest BCUT2D eigenvalue weighted by molar-refractivity contribution is -0.384. The number of benzene rings is 3. The predicted molar refractivity (Wildman–Crippen MR) is 109 cm³/mol. The molecule has 0 atom stereocenters. The Kier molecular flexibility index (Phi) is 5.22. The van der Waals surface area contributed by atoms with Gasteiger partial charge in [0.2, 0.25) is 5.78 Å². The van der Waals surface area contributed by atoms with E-state index in [9.17, 15) is 24.1 Å². The minimum atomic E-state index is -0.818. The van der Waals surface area contributed by atoms with E-state index in [1.54, 1.807) is 0 Å². The molecule has 0 radical (unpaired) electrons. The first-order valence-electron chi connectivity index (χ1n) is 8.82. The maximum Gasteiger partial charge on any atom is 0.343 e. The zero-order valence-electron chi connectivity index (χ0n) is 15.5. The smallest absolute Gasteiger partial charge is 0.343 e. The normalized spacial score (nSPS) is 13.6. The van der Waals surface area contributed by atoms with Crippen molar-refractivity contribution in [3.8, 4) is 11.5 Å². The second-order valence-electron chi connectivity index (χ2n) is 6.43. The second kappa shape index (κ2) is 8.00. The first-order valence-corrected chi connectivity index (χ1v) is 9.20. The summed E-state index contributed by atoms with van der Waals surface area (Å²) in [5, 5.41) is 11.0. The van der Waals surface area contributed by atoms with Gasteiger partial charge in [0, 0.05) is 23.8 Å². The number of non-ortho nitro benzene ring substituents is 1. The van der Waals surface area contributed by atoms with E-state index in [4.69, 9.17) is 21.1 Å². The number of ether oxygens (including phenoxy) is 2. The molecule has 1 heterocycles. The van der Waals surface area contributed by atoms with Crippen molar-refractivity contribution < 1.29 is 28.4 Å². The van der Waals surface area contributed by atoms with Crippen LogP contribution in [0.4, 0.5) is 10.1 Å². The number of esters is 1. The highest BCUT2D eigenvalue weighted by Gasteiger charge is 2.29. The van der Waals surface area contributed by atoms with Gasteiger partial charge in [-0.05, 0) is 36.4 Å². The summed E-state index contributed by atoms with van der Waals surface area (Å²) in [6.45, 7) is 0. The van der Waals surface area contributed by atoms with Gasteiger partial charge in [0.15, 0.2) is 5.76 Å². The van der Waals surface area contributed by atoms with Crippen LogP contribution in [0.15, 0.2) is 66.4 Å². The van der Waals surface area contributed by atoms with Gasteiger partial charge in [-0.1, -0.05) is 23.7 Å². The van der Waals surface area contributed by atoms with E-state index in [0.29, 0.717) is 0 Å². The molecule has 31 heavy (non-hydrogen) atoms. The van der Waals surface area contributed by atoms with Crippen LogP contribution in [-0.2, 0) is 0 Å². The van der Waals surface area contributed by atoms with Gasteiger partial charge in [-0.3, -0.25) is 14.9 Å². The van der Waals surface area contributed by atoms with Gasteiger partial charge in [-0.15, -0.1) is 0 Å². The fourth-order valence-electron chi connectivity index (χ4n) is 2.92. The number of carbonyl (C=O) groups is 2. The third kappa shape index (κ3) is 4.01. The minimum Gasteiger partial charge on any atom is -0.452 e. The number of nitro groups is 1. The fourth-order valence-corrected chi connectivity index (χ4v) is 3.14. The molecular formula is C22H11ClFNO6. The van der Waals surface area contributed by atoms with E-state index < -0.39 is 22.5 Å². The van der Waals surface area contributed by atoms with Crippen molar-refractivity contribution in [2.24, 2.45) is 0 Å². The SMILES string of the molecule is O=C(Oc1ccc2c(c1)OC(=Cc1c(F)cccc1Cl)C2=O)c1cccc([N+](=O)[O-])c1. The monoisotopic (exact) mass is 439 g/mol. The molecule has 0 fully saturated rings. The Hall–Kier alpha value is -4.04. The quantitative estimate of drug-likeness (QED) is 0.182. The maximum absolute atomic E-state index is 14.0. The highest BCUT2D eigenvalue weighted by atomic mass is 35.5. The molecule has 0 amide bonds. The lowest BCUT2D eigenvalue weighted by Gasteiger charge is -2.06. The molecule has 0 spiro atoms. The number of rotatable bonds is 4. The van der Waals surface area contributed by atoms with Crippen molar-refractivity contribution in [1.82, 2.24) is 0 Å². The van der Waals surface area contributed by atoms with Gasteiger partial charge in [-0.25, -0.2) is 9.18 Å². The van der Waals surface area contributed by atoms with E-state index in [0.717, 1.165) is 6.07 Å². The fraction of sp³-hybridized carbons (Fsp3) is 0. The van der Waals surface area contributed by atoms with Crippen LogP contribution >= 0.6 is 11.6 Å². The Morgan fingerprint density at radius 3 is 2.65 bits per heavy atom. The molecule has 7 nitrogen and oxygen atoms in total. The van der Waals surface area contributed by atoms with E-state index in [-0.39, 0.29) is 44.7 Å². The number of fused-ring (bicyclic) bond motifs is 1. The summed E-state index contributed by atoms with van der Waals surface area (Å²) >= 11 is 5.99. The van der Waals surface area contributed by atoms with E-state index in [2.05, 4.69) is 0 Å². The van der Waals surface area contributed by atoms with Crippen molar-refractivity contribution in [3.63, 3.8) is 0 Å². The number of allylic oxidation sites excluding steroid dienone is 1. The zero-order valence-corrected chi connectivity index (χ0v) is 16.3. The second-order valence-corrected chi connectivity index (χ2v) is 6.84. The first kappa shape index (κ1) is 20.2. The summed E-state index contributed by atoms with van der Waals surface area (Å²) in [6.07, 6.45) is 1.20. The molecule has 1 aliphatic heterocycles. The molecule has 0 N–H and O–H groups in total. The third-order valence-corrected chi connectivity index (χ3v) is 4.75. The van der Waals surface area contributed by atoms with Crippen LogP contribution in [0.2, 0.25) is 5.02 Å². The van der Waals surface area contributed by atoms with Gasteiger partial charge >= 0.3 is 5.97 Å². The Morgan fingerprint density at radius 2 is 1.90 bits per heavy atom. The third-order valence-electron chi connectivity index (χ3n) is 4.42. The summed E-state index contributed by atoms with van der Waals surface area (Å²) in [5.41, 5.74) is -0.0492. The molecule has 0 bridgehead atoms. The topological polar surface area (TPSA) is 95.7 Å². The molecule has 9 heteroatoms. The molecule has 1 aliphatic rings. The van der Waals surface area contributed by atoms with Crippen molar-refractivity contribution in [3.05, 3.63) is 104 Å². The Balaban J connectivity index is 1.58. The molecule has 0 aliphatic carbocycles. The summed E-state index contributed by atoms with van der Waals surface area (Å²) in [5.74, 6) is -1.86. The van der Waals surface area contributed by atoms with Crippen molar-refractivity contribution in [2.45, 2.75) is 0 Å². The van der Waals surface area contributed by atoms with E-state index in [1.807, 2.05) is 0 Å². The number of nitrogens with zero attached hydrogens (tertiary/aromatic N) is 1. The van der Waals surface area contributed by atoms with Crippen LogP contribution < -0.4 is 9.47 Å². The summed E-state index contributed by atoms with van der Waals surface area (Å²) in [6, 6.07) is 13.3. The Labute approximate surface area is 179 Å². The van der Waals surface area contributed by atoms with Gasteiger partial charge in [-0.2, -0.15) is 0 Å². The number of nitro benzene ring substituents is 1. The van der Waals surface area contributed by atoms with E-state index in [1.165, 1.54) is 60.7 Å². The highest BCUT2D eigenvalue weighted by Crippen LogP contribution is 2.36. The largest absolute Gasteiger partial charge is 0.452 e. The van der Waals surface area contributed by atoms with Gasteiger partial charge in [0.25, 0.3) is 5.69 Å². The molecule has 0 aromatic heterocycles. The number of ketones is 1. The number of carbonyl (C=O) groups excluding carboxylic acids is 2. The Morgan fingerprint density at radius 1 is 1.13 bits per heavy atom. The van der Waals surface area contributed by atoms with Crippen LogP contribution in [-0.4, -0.2) is 16.7 Å². The molecule has 0 saturated carbocycles. The minimum absolute atomic E-state index is 0.0117. The summed E-state index contributed by atoms with van der Waals surface area (Å²) < 4.78 is 24.8. The molecular weight excluding hydrogens is 429 g/mol. The average Bonchev–Trinajstić information content (AvgIpc) is 3.05. The average molecular weight is 440 g/mol. The Bertz CT molecular complexity index is 1270. The molecule has 4 rings (SSSR count). The van der Waals surface area contributed by atoms with Crippen LogP contribution in [0.1, 0.15) is 26.3 Å². The lowest BCUT2D eigenvalue weighted by Crippen LogP contribution is -2.08. The maximum atomic E-state index is 14.0. The first-order chi connectivity index (χ1) is 14.8. The van der Waals surface area contributed by atoms with Crippen LogP contribution in [0.25, 0.3) is 6.08 Å². The van der Waals surface area contributed by atoms with Crippen molar-refractivity contribution >= 4 is 35.1 Å². The van der Waals surface area contributed by atoms with E-state index >= 15 is 0 Å². The van der Waals surface area contributed by atoms with Crippen LogP contribution in [0.5, 0.6) is 11.5 Å². The molecule has 154 valence electrons. The summed E-state index contributed by atoms with van der Waals surface area (Å²) in [4.78, 5) is 35.1.